The highest BCUT2D eigenvalue weighted by Gasteiger charge is 2.52. The zero-order valence-electron chi connectivity index (χ0n) is 10.8. The first kappa shape index (κ1) is 12.9. The molecule has 3 rings (SSSR count). The fourth-order valence-electron chi connectivity index (χ4n) is 2.61. The maximum atomic E-state index is 12.3. The number of carbonyl (C=O) groups is 2. The molecule has 102 valence electrons. The number of carbonyl (C=O) groups excluding carboxylic acids is 2. The van der Waals surface area contributed by atoms with Gasteiger partial charge in [-0.2, -0.15) is 0 Å². The standard InChI is InChI=1S/C12H15N3O2S2/c1-7-5-18-11(13-7)14-10(17)8-6-19-12(2)4-3-9(16)15(8)12/h5,8H,3-4,6H2,1-2H3,(H,13,14,17)/t8-,12+/m1/s1. The van der Waals surface area contributed by atoms with E-state index in [9.17, 15) is 9.59 Å². The molecule has 0 aliphatic carbocycles. The number of hydrogen-bond acceptors (Lipinski definition) is 5. The second-order valence-corrected chi connectivity index (χ2v) is 7.41. The number of nitrogens with zero attached hydrogens (tertiary/aromatic N) is 2. The number of thiazole rings is 1. The van der Waals surface area contributed by atoms with E-state index in [1.807, 2.05) is 19.2 Å². The van der Waals surface area contributed by atoms with Gasteiger partial charge in [-0.3, -0.25) is 9.59 Å². The van der Waals surface area contributed by atoms with Crippen LogP contribution < -0.4 is 5.32 Å². The van der Waals surface area contributed by atoms with E-state index in [4.69, 9.17) is 0 Å². The lowest BCUT2D eigenvalue weighted by atomic mass is 10.2. The molecule has 0 aromatic carbocycles. The summed E-state index contributed by atoms with van der Waals surface area (Å²) in [7, 11) is 0. The topological polar surface area (TPSA) is 62.3 Å². The lowest BCUT2D eigenvalue weighted by Crippen LogP contribution is -2.48. The average molecular weight is 297 g/mol. The summed E-state index contributed by atoms with van der Waals surface area (Å²) >= 11 is 3.11. The zero-order chi connectivity index (χ0) is 13.6. The number of fused-ring (bicyclic) bond motifs is 1. The van der Waals surface area contributed by atoms with Gasteiger partial charge >= 0.3 is 0 Å². The Bertz CT molecular complexity index is 545. The number of hydrogen-bond donors (Lipinski definition) is 1. The van der Waals surface area contributed by atoms with Crippen LogP contribution in [0.1, 0.15) is 25.5 Å². The highest BCUT2D eigenvalue weighted by atomic mass is 32.2. The molecule has 0 radical (unpaired) electrons. The third-order valence-corrected chi connectivity index (χ3v) is 5.98. The maximum absolute atomic E-state index is 12.3. The van der Waals surface area contributed by atoms with E-state index in [2.05, 4.69) is 10.3 Å². The minimum atomic E-state index is -0.366. The van der Waals surface area contributed by atoms with Gasteiger partial charge in [-0.15, -0.1) is 23.1 Å². The summed E-state index contributed by atoms with van der Waals surface area (Å²) in [4.78, 5) is 30.0. The summed E-state index contributed by atoms with van der Waals surface area (Å²) < 4.78 is 0. The number of nitrogens with one attached hydrogen (secondary N) is 1. The van der Waals surface area contributed by atoms with Crippen LogP contribution in [0.5, 0.6) is 0 Å². The van der Waals surface area contributed by atoms with E-state index in [0.717, 1.165) is 12.1 Å². The van der Waals surface area contributed by atoms with Crippen LogP contribution in [0.3, 0.4) is 0 Å². The third-order valence-electron chi connectivity index (χ3n) is 3.60. The molecular formula is C12H15N3O2S2. The van der Waals surface area contributed by atoms with E-state index in [1.165, 1.54) is 11.3 Å². The lowest BCUT2D eigenvalue weighted by molar-refractivity contribution is -0.135. The molecule has 1 aromatic heterocycles. The van der Waals surface area contributed by atoms with Crippen molar-refractivity contribution < 1.29 is 9.59 Å². The van der Waals surface area contributed by atoms with Crippen molar-refractivity contribution in [3.8, 4) is 0 Å². The van der Waals surface area contributed by atoms with Crippen molar-refractivity contribution in [1.29, 1.82) is 0 Å². The SMILES string of the molecule is Cc1csc(NC(=O)[C@H]2CS[C@@]3(C)CCC(=O)N23)n1. The number of aryl methyl sites for hydroxylation is 1. The van der Waals surface area contributed by atoms with Crippen molar-refractivity contribution in [2.75, 3.05) is 11.1 Å². The van der Waals surface area contributed by atoms with Gasteiger partial charge in [-0.25, -0.2) is 4.98 Å². The molecule has 0 bridgehead atoms. The van der Waals surface area contributed by atoms with Crippen molar-refractivity contribution >= 4 is 40.0 Å². The van der Waals surface area contributed by atoms with Crippen LogP contribution in [0, 0.1) is 6.92 Å². The fraction of sp³-hybridized carbons (Fsp3) is 0.583. The Labute approximate surface area is 119 Å². The molecule has 2 fully saturated rings. The minimum Gasteiger partial charge on any atom is -0.315 e. The van der Waals surface area contributed by atoms with Gasteiger partial charge in [-0.05, 0) is 20.3 Å². The summed E-state index contributed by atoms with van der Waals surface area (Å²) in [5.41, 5.74) is 0.892. The smallest absolute Gasteiger partial charge is 0.249 e. The Morgan fingerprint density at radius 2 is 2.42 bits per heavy atom. The molecule has 0 saturated carbocycles. The first-order valence-electron chi connectivity index (χ1n) is 6.19. The van der Waals surface area contributed by atoms with E-state index >= 15 is 0 Å². The number of aromatic nitrogens is 1. The first-order valence-corrected chi connectivity index (χ1v) is 8.05. The molecule has 5 nitrogen and oxygen atoms in total. The van der Waals surface area contributed by atoms with E-state index in [0.29, 0.717) is 17.3 Å². The molecule has 2 aliphatic rings. The van der Waals surface area contributed by atoms with Crippen LogP contribution in [0.2, 0.25) is 0 Å². The van der Waals surface area contributed by atoms with Gasteiger partial charge in [0.25, 0.3) is 0 Å². The molecule has 0 unspecified atom stereocenters. The molecule has 2 saturated heterocycles. The van der Waals surface area contributed by atoms with Crippen molar-refractivity contribution in [2.45, 2.75) is 37.6 Å². The number of amides is 2. The first-order chi connectivity index (χ1) is 8.99. The summed E-state index contributed by atoms with van der Waals surface area (Å²) in [6, 6.07) is -0.366. The van der Waals surface area contributed by atoms with Gasteiger partial charge in [0.2, 0.25) is 11.8 Å². The van der Waals surface area contributed by atoms with Gasteiger partial charge in [-0.1, -0.05) is 0 Å². The van der Waals surface area contributed by atoms with Crippen molar-refractivity contribution in [1.82, 2.24) is 9.88 Å². The molecule has 0 spiro atoms. The van der Waals surface area contributed by atoms with Crippen molar-refractivity contribution in [3.63, 3.8) is 0 Å². The number of anilines is 1. The van der Waals surface area contributed by atoms with Crippen LogP contribution >= 0.6 is 23.1 Å². The summed E-state index contributed by atoms with van der Waals surface area (Å²) in [5.74, 6) is 0.627. The summed E-state index contributed by atoms with van der Waals surface area (Å²) in [5, 5.41) is 5.31. The lowest BCUT2D eigenvalue weighted by Gasteiger charge is -2.29. The van der Waals surface area contributed by atoms with Crippen LogP contribution in [0.15, 0.2) is 5.38 Å². The molecule has 2 amide bonds. The van der Waals surface area contributed by atoms with Crippen molar-refractivity contribution in [2.24, 2.45) is 0 Å². The Morgan fingerprint density at radius 1 is 1.63 bits per heavy atom. The second-order valence-electron chi connectivity index (χ2n) is 5.05. The Morgan fingerprint density at radius 3 is 3.11 bits per heavy atom. The predicted octanol–water partition coefficient (Wildman–Crippen LogP) is 1.84. The molecule has 1 N–H and O–H groups in total. The molecule has 7 heteroatoms. The number of rotatable bonds is 2. The maximum Gasteiger partial charge on any atom is 0.249 e. The molecular weight excluding hydrogens is 282 g/mol. The minimum absolute atomic E-state index is 0.0861. The zero-order valence-corrected chi connectivity index (χ0v) is 12.4. The molecule has 19 heavy (non-hydrogen) atoms. The highest BCUT2D eigenvalue weighted by molar-refractivity contribution is 8.01. The Kier molecular flexibility index (Phi) is 3.05. The van der Waals surface area contributed by atoms with Gasteiger partial charge in [0, 0.05) is 17.6 Å². The Hall–Kier alpha value is -1.08. The van der Waals surface area contributed by atoms with E-state index in [1.54, 1.807) is 16.7 Å². The predicted molar refractivity (Wildman–Crippen MR) is 76.2 cm³/mol. The van der Waals surface area contributed by atoms with Crippen LogP contribution in [0.4, 0.5) is 5.13 Å². The van der Waals surface area contributed by atoms with Crippen LogP contribution in [0.25, 0.3) is 0 Å². The van der Waals surface area contributed by atoms with E-state index < -0.39 is 0 Å². The summed E-state index contributed by atoms with van der Waals surface area (Å²) in [6.07, 6.45) is 1.38. The van der Waals surface area contributed by atoms with Gasteiger partial charge < -0.3 is 10.2 Å². The summed E-state index contributed by atoms with van der Waals surface area (Å²) in [6.45, 7) is 3.93. The van der Waals surface area contributed by atoms with Crippen LogP contribution in [-0.2, 0) is 9.59 Å². The second kappa shape index (κ2) is 4.49. The largest absolute Gasteiger partial charge is 0.315 e. The normalized spacial score (nSPS) is 29.7. The number of thioether (sulfide) groups is 1. The monoisotopic (exact) mass is 297 g/mol. The highest BCUT2D eigenvalue weighted by Crippen LogP contribution is 2.47. The average Bonchev–Trinajstić information content (AvgIpc) is 2.97. The Balaban J connectivity index is 1.76. The van der Waals surface area contributed by atoms with Gasteiger partial charge in [0.05, 0.1) is 10.6 Å². The fourth-order valence-corrected chi connectivity index (χ4v) is 4.74. The van der Waals surface area contributed by atoms with Gasteiger partial charge in [0.1, 0.15) is 6.04 Å². The van der Waals surface area contributed by atoms with Crippen molar-refractivity contribution in [3.05, 3.63) is 11.1 Å². The molecule has 2 atom stereocenters. The molecule has 2 aliphatic heterocycles. The quantitative estimate of drug-likeness (QED) is 0.905. The third kappa shape index (κ3) is 2.14. The van der Waals surface area contributed by atoms with E-state index in [-0.39, 0.29) is 22.7 Å². The molecule has 1 aromatic rings. The molecule has 3 heterocycles. The van der Waals surface area contributed by atoms with Gasteiger partial charge in [0.15, 0.2) is 5.13 Å². The van der Waals surface area contributed by atoms with Crippen LogP contribution in [-0.4, -0.2) is 38.4 Å².